The summed E-state index contributed by atoms with van der Waals surface area (Å²) in [5, 5.41) is 11.7. The predicted molar refractivity (Wildman–Crippen MR) is 70.4 cm³/mol. The van der Waals surface area contributed by atoms with E-state index in [1.807, 2.05) is 6.07 Å². The molecule has 1 N–H and O–H groups in total. The van der Waals surface area contributed by atoms with Crippen LogP contribution in [0.3, 0.4) is 0 Å². The van der Waals surface area contributed by atoms with Gasteiger partial charge >= 0.3 is 0 Å². The Hall–Kier alpha value is -1.93. The number of aromatic nitrogens is 1. The second-order valence-electron chi connectivity index (χ2n) is 3.63. The van der Waals surface area contributed by atoms with Crippen molar-refractivity contribution < 1.29 is 4.39 Å². The van der Waals surface area contributed by atoms with Crippen molar-refractivity contribution in [1.29, 1.82) is 5.26 Å². The molecule has 0 fully saturated rings. The lowest BCUT2D eigenvalue weighted by Gasteiger charge is -2.08. The number of nitrogens with zero attached hydrogens (tertiary/aromatic N) is 2. The Labute approximate surface area is 112 Å². The zero-order valence-electron chi connectivity index (χ0n) is 9.32. The summed E-state index contributed by atoms with van der Waals surface area (Å²) in [6, 6.07) is 9.88. The van der Waals surface area contributed by atoms with E-state index in [0.29, 0.717) is 12.2 Å². The number of rotatable bonds is 3. The average Bonchev–Trinajstić information content (AvgIpc) is 2.40. The SMILES string of the molecule is N#Cc1ccc(NCc2cc(F)ccc2Br)cn1. The lowest BCUT2D eigenvalue weighted by atomic mass is 10.2. The number of nitriles is 1. The van der Waals surface area contributed by atoms with Crippen molar-refractivity contribution in [2.75, 3.05) is 5.32 Å². The van der Waals surface area contributed by atoms with E-state index in [2.05, 4.69) is 26.2 Å². The van der Waals surface area contributed by atoms with Crippen molar-refractivity contribution in [3.8, 4) is 6.07 Å². The van der Waals surface area contributed by atoms with E-state index in [9.17, 15) is 4.39 Å². The Morgan fingerprint density at radius 1 is 1.33 bits per heavy atom. The van der Waals surface area contributed by atoms with Crippen molar-refractivity contribution in [2.24, 2.45) is 0 Å². The summed E-state index contributed by atoms with van der Waals surface area (Å²) in [7, 11) is 0. The van der Waals surface area contributed by atoms with E-state index < -0.39 is 0 Å². The summed E-state index contributed by atoms with van der Waals surface area (Å²) in [5.41, 5.74) is 1.97. The zero-order chi connectivity index (χ0) is 13.0. The molecule has 0 spiro atoms. The van der Waals surface area contributed by atoms with Gasteiger partial charge in [0.15, 0.2) is 0 Å². The molecule has 2 aromatic rings. The quantitative estimate of drug-likeness (QED) is 0.944. The Morgan fingerprint density at radius 2 is 2.17 bits per heavy atom. The Kier molecular flexibility index (Phi) is 3.90. The maximum absolute atomic E-state index is 13.1. The molecular formula is C13H9BrFN3. The van der Waals surface area contributed by atoms with Crippen LogP contribution in [-0.2, 0) is 6.54 Å². The lowest BCUT2D eigenvalue weighted by Crippen LogP contribution is -2.01. The fourth-order valence-electron chi connectivity index (χ4n) is 1.44. The molecule has 1 aromatic carbocycles. The van der Waals surface area contributed by atoms with Gasteiger partial charge in [-0.05, 0) is 35.9 Å². The monoisotopic (exact) mass is 305 g/mol. The molecule has 90 valence electrons. The molecular weight excluding hydrogens is 297 g/mol. The smallest absolute Gasteiger partial charge is 0.140 e. The van der Waals surface area contributed by atoms with Crippen LogP contribution in [0.4, 0.5) is 10.1 Å². The fraction of sp³-hybridized carbons (Fsp3) is 0.0769. The summed E-state index contributed by atoms with van der Waals surface area (Å²) in [5.74, 6) is -0.270. The van der Waals surface area contributed by atoms with Gasteiger partial charge in [0.1, 0.15) is 17.6 Å². The molecule has 0 bridgehead atoms. The van der Waals surface area contributed by atoms with E-state index in [-0.39, 0.29) is 5.82 Å². The molecule has 0 unspecified atom stereocenters. The predicted octanol–water partition coefficient (Wildman–Crippen LogP) is 3.47. The summed E-state index contributed by atoms with van der Waals surface area (Å²) < 4.78 is 13.9. The minimum absolute atomic E-state index is 0.270. The number of hydrogen-bond acceptors (Lipinski definition) is 3. The van der Waals surface area contributed by atoms with Crippen molar-refractivity contribution in [2.45, 2.75) is 6.54 Å². The van der Waals surface area contributed by atoms with Crippen LogP contribution in [0.2, 0.25) is 0 Å². The molecule has 18 heavy (non-hydrogen) atoms. The van der Waals surface area contributed by atoms with Gasteiger partial charge in [0.2, 0.25) is 0 Å². The van der Waals surface area contributed by atoms with Gasteiger partial charge in [0, 0.05) is 11.0 Å². The third-order valence-corrected chi connectivity index (χ3v) is 3.14. The number of benzene rings is 1. The first-order valence-corrected chi connectivity index (χ1v) is 6.02. The van der Waals surface area contributed by atoms with Gasteiger partial charge in [0.05, 0.1) is 11.9 Å². The van der Waals surface area contributed by atoms with E-state index >= 15 is 0 Å². The summed E-state index contributed by atoms with van der Waals surface area (Å²) in [6.45, 7) is 0.478. The largest absolute Gasteiger partial charge is 0.380 e. The topological polar surface area (TPSA) is 48.7 Å². The minimum atomic E-state index is -0.270. The first-order valence-electron chi connectivity index (χ1n) is 5.23. The summed E-state index contributed by atoms with van der Waals surface area (Å²) in [4.78, 5) is 3.94. The van der Waals surface area contributed by atoms with Gasteiger partial charge in [-0.1, -0.05) is 15.9 Å². The first-order chi connectivity index (χ1) is 8.69. The van der Waals surface area contributed by atoms with Gasteiger partial charge in [-0.2, -0.15) is 5.26 Å². The van der Waals surface area contributed by atoms with E-state index in [1.54, 1.807) is 24.4 Å². The Balaban J connectivity index is 2.07. The van der Waals surface area contributed by atoms with Crippen LogP contribution in [0, 0.1) is 17.1 Å². The number of anilines is 1. The van der Waals surface area contributed by atoms with Gasteiger partial charge in [-0.15, -0.1) is 0 Å². The van der Waals surface area contributed by atoms with E-state index in [4.69, 9.17) is 5.26 Å². The molecule has 0 radical (unpaired) electrons. The second kappa shape index (κ2) is 5.61. The highest BCUT2D eigenvalue weighted by atomic mass is 79.9. The normalized spacial score (nSPS) is 9.83. The van der Waals surface area contributed by atoms with E-state index in [1.165, 1.54) is 12.1 Å². The molecule has 0 atom stereocenters. The third kappa shape index (κ3) is 3.05. The third-order valence-electron chi connectivity index (χ3n) is 2.37. The van der Waals surface area contributed by atoms with Crippen LogP contribution in [0.15, 0.2) is 41.0 Å². The van der Waals surface area contributed by atoms with Crippen LogP contribution in [0.5, 0.6) is 0 Å². The maximum Gasteiger partial charge on any atom is 0.140 e. The molecule has 3 nitrogen and oxygen atoms in total. The highest BCUT2D eigenvalue weighted by Crippen LogP contribution is 2.19. The van der Waals surface area contributed by atoms with E-state index in [0.717, 1.165) is 15.7 Å². The Bertz CT molecular complexity index is 590. The number of halogens is 2. The summed E-state index contributed by atoms with van der Waals surface area (Å²) >= 11 is 3.36. The van der Waals surface area contributed by atoms with Crippen molar-refractivity contribution in [3.63, 3.8) is 0 Å². The summed E-state index contributed by atoms with van der Waals surface area (Å²) in [6.07, 6.45) is 1.58. The molecule has 0 aliphatic rings. The number of hydrogen-bond donors (Lipinski definition) is 1. The molecule has 0 saturated heterocycles. The molecule has 0 aliphatic heterocycles. The van der Waals surface area contributed by atoms with Crippen molar-refractivity contribution in [3.05, 3.63) is 58.1 Å². The minimum Gasteiger partial charge on any atom is -0.380 e. The van der Waals surface area contributed by atoms with Gasteiger partial charge in [0.25, 0.3) is 0 Å². The molecule has 0 aliphatic carbocycles. The molecule has 0 amide bonds. The van der Waals surface area contributed by atoms with Crippen LogP contribution in [0.1, 0.15) is 11.3 Å². The molecule has 2 rings (SSSR count). The molecule has 5 heteroatoms. The first kappa shape index (κ1) is 12.5. The van der Waals surface area contributed by atoms with Crippen molar-refractivity contribution >= 4 is 21.6 Å². The van der Waals surface area contributed by atoms with Crippen LogP contribution in [-0.4, -0.2) is 4.98 Å². The molecule has 1 heterocycles. The standard InChI is InChI=1S/C13H9BrFN3/c14-13-4-1-10(15)5-9(13)7-17-12-3-2-11(6-16)18-8-12/h1-5,8,17H,7H2. The van der Waals surface area contributed by atoms with Crippen LogP contribution < -0.4 is 5.32 Å². The highest BCUT2D eigenvalue weighted by Gasteiger charge is 2.02. The fourth-order valence-corrected chi connectivity index (χ4v) is 1.83. The van der Waals surface area contributed by atoms with Gasteiger partial charge in [-0.3, -0.25) is 0 Å². The number of pyridine rings is 1. The Morgan fingerprint density at radius 3 is 2.83 bits per heavy atom. The number of nitrogens with one attached hydrogen (secondary N) is 1. The zero-order valence-corrected chi connectivity index (χ0v) is 10.9. The highest BCUT2D eigenvalue weighted by molar-refractivity contribution is 9.10. The van der Waals surface area contributed by atoms with Gasteiger partial charge in [-0.25, -0.2) is 9.37 Å². The second-order valence-corrected chi connectivity index (χ2v) is 4.49. The molecule has 1 aromatic heterocycles. The van der Waals surface area contributed by atoms with Crippen LogP contribution >= 0.6 is 15.9 Å². The average molecular weight is 306 g/mol. The maximum atomic E-state index is 13.1. The lowest BCUT2D eigenvalue weighted by molar-refractivity contribution is 0.625. The van der Waals surface area contributed by atoms with Crippen LogP contribution in [0.25, 0.3) is 0 Å². The van der Waals surface area contributed by atoms with Gasteiger partial charge < -0.3 is 5.32 Å². The van der Waals surface area contributed by atoms with Crippen molar-refractivity contribution in [1.82, 2.24) is 4.98 Å². The molecule has 0 saturated carbocycles.